The fraction of sp³-hybridized carbons (Fsp3) is 0.389. The van der Waals surface area contributed by atoms with Crippen LogP contribution in [0.15, 0.2) is 76.7 Å². The monoisotopic (exact) mass is 700 g/mol. The lowest BCUT2D eigenvalue weighted by molar-refractivity contribution is -0.134. The van der Waals surface area contributed by atoms with E-state index in [2.05, 4.69) is 31.3 Å². The molecule has 15 nitrogen and oxygen atoms in total. The third-order valence-corrected chi connectivity index (χ3v) is 8.55. The summed E-state index contributed by atoms with van der Waals surface area (Å²) in [5.41, 5.74) is 23.5. The summed E-state index contributed by atoms with van der Waals surface area (Å²) >= 11 is 0. The zero-order valence-electron chi connectivity index (χ0n) is 28.5. The van der Waals surface area contributed by atoms with Crippen LogP contribution in [0.1, 0.15) is 49.7 Å². The number of phenols is 1. The molecule has 1 aliphatic rings. The van der Waals surface area contributed by atoms with Gasteiger partial charge in [0, 0.05) is 32.0 Å². The van der Waals surface area contributed by atoms with Gasteiger partial charge in [0.05, 0.1) is 0 Å². The second kappa shape index (κ2) is 18.8. The summed E-state index contributed by atoms with van der Waals surface area (Å²) in [6.07, 6.45) is 1.86. The van der Waals surface area contributed by atoms with Crippen molar-refractivity contribution in [1.29, 1.82) is 0 Å². The average Bonchev–Trinajstić information content (AvgIpc) is 3.09. The van der Waals surface area contributed by atoms with E-state index in [-0.39, 0.29) is 62.9 Å². The van der Waals surface area contributed by atoms with Crippen LogP contribution in [0.4, 0.5) is 0 Å². The molecule has 51 heavy (non-hydrogen) atoms. The first-order valence-corrected chi connectivity index (χ1v) is 17.0. The topological polar surface area (TPSA) is 265 Å². The number of nitrogens with zero attached hydrogens (tertiary/aromatic N) is 2. The molecule has 13 N–H and O–H groups in total. The Balaban J connectivity index is 1.65. The number of guanidine groups is 2. The highest BCUT2D eigenvalue weighted by molar-refractivity contribution is 5.94. The zero-order chi connectivity index (χ0) is 36.8. The van der Waals surface area contributed by atoms with Crippen LogP contribution >= 0.6 is 0 Å². The molecule has 3 aromatic rings. The maximum Gasteiger partial charge on any atom is 0.243 e. The lowest BCUT2D eigenvalue weighted by Crippen LogP contribution is -2.58. The molecule has 4 amide bonds. The Morgan fingerprint density at radius 3 is 1.80 bits per heavy atom. The fourth-order valence-corrected chi connectivity index (χ4v) is 5.92. The van der Waals surface area contributed by atoms with Crippen molar-refractivity contribution in [3.05, 3.63) is 77.9 Å². The minimum Gasteiger partial charge on any atom is -0.508 e. The average molecular weight is 701 g/mol. The highest BCUT2D eigenvalue weighted by Gasteiger charge is 2.31. The number of amides is 4. The molecule has 0 unspecified atom stereocenters. The second-order valence-corrected chi connectivity index (χ2v) is 12.6. The van der Waals surface area contributed by atoms with Crippen molar-refractivity contribution >= 4 is 46.3 Å². The fourth-order valence-electron chi connectivity index (χ4n) is 5.92. The Labute approximate surface area is 296 Å². The summed E-state index contributed by atoms with van der Waals surface area (Å²) in [5.74, 6) is -2.15. The van der Waals surface area contributed by atoms with Crippen molar-refractivity contribution in [2.24, 2.45) is 32.9 Å². The number of benzene rings is 3. The molecule has 3 aromatic carbocycles. The van der Waals surface area contributed by atoms with E-state index in [1.807, 2.05) is 42.5 Å². The lowest BCUT2D eigenvalue weighted by atomic mass is 9.97. The molecule has 1 fully saturated rings. The summed E-state index contributed by atoms with van der Waals surface area (Å²) in [6, 6.07) is 16.7. The van der Waals surface area contributed by atoms with Crippen LogP contribution in [0.2, 0.25) is 0 Å². The number of fused-ring (bicyclic) bond motifs is 1. The molecule has 0 aliphatic carbocycles. The van der Waals surface area contributed by atoms with Crippen LogP contribution in [-0.2, 0) is 32.0 Å². The highest BCUT2D eigenvalue weighted by atomic mass is 16.3. The number of carbonyl (C=O) groups excluding carboxylic acids is 4. The Kier molecular flexibility index (Phi) is 14.0. The molecule has 0 saturated carbocycles. The van der Waals surface area contributed by atoms with Crippen LogP contribution in [0.5, 0.6) is 5.75 Å². The number of nitrogens with two attached hydrogens (primary N) is 4. The molecule has 0 spiro atoms. The SMILES string of the molecule is NC(N)=NCCC[C@@H]1NC(=O)[C@H](Cc2ccc(O)cc2)NC(=O)CC[C@@H](Cc2ccc3ccccc3c2)NC(=O)[C@@H](CCCN=C(N)N)NC1=O. The van der Waals surface area contributed by atoms with Gasteiger partial charge in [0.25, 0.3) is 0 Å². The van der Waals surface area contributed by atoms with Crippen molar-refractivity contribution in [2.75, 3.05) is 13.1 Å². The van der Waals surface area contributed by atoms with Gasteiger partial charge in [0.2, 0.25) is 23.6 Å². The number of hydrogen-bond donors (Lipinski definition) is 9. The summed E-state index contributed by atoms with van der Waals surface area (Å²) in [7, 11) is 0. The molecule has 0 radical (unpaired) electrons. The van der Waals surface area contributed by atoms with Gasteiger partial charge >= 0.3 is 0 Å². The minimum atomic E-state index is -1.09. The van der Waals surface area contributed by atoms with Crippen molar-refractivity contribution in [2.45, 2.75) is 75.5 Å². The maximum atomic E-state index is 13.9. The summed E-state index contributed by atoms with van der Waals surface area (Å²) in [4.78, 5) is 62.9. The second-order valence-electron chi connectivity index (χ2n) is 12.6. The smallest absolute Gasteiger partial charge is 0.243 e. The summed E-state index contributed by atoms with van der Waals surface area (Å²) < 4.78 is 0. The molecular formula is C36H48N10O5. The molecule has 0 aromatic heterocycles. The largest absolute Gasteiger partial charge is 0.508 e. The minimum absolute atomic E-state index is 0.0152. The van der Waals surface area contributed by atoms with Gasteiger partial charge in [0.15, 0.2) is 11.9 Å². The molecule has 0 bridgehead atoms. The van der Waals surface area contributed by atoms with Gasteiger partial charge in [-0.25, -0.2) is 0 Å². The van der Waals surface area contributed by atoms with Gasteiger partial charge < -0.3 is 49.3 Å². The first-order chi connectivity index (χ1) is 24.5. The number of aliphatic imine (C=N–C) groups is 2. The molecular weight excluding hydrogens is 652 g/mol. The van der Waals surface area contributed by atoms with E-state index in [1.165, 1.54) is 12.1 Å². The molecule has 4 rings (SSSR count). The van der Waals surface area contributed by atoms with Gasteiger partial charge in [-0.1, -0.05) is 54.6 Å². The van der Waals surface area contributed by atoms with Crippen molar-refractivity contribution < 1.29 is 24.3 Å². The Morgan fingerprint density at radius 1 is 0.647 bits per heavy atom. The Hall–Kier alpha value is -5.86. The molecule has 15 heteroatoms. The van der Waals surface area contributed by atoms with Crippen LogP contribution in [0.3, 0.4) is 0 Å². The third-order valence-electron chi connectivity index (χ3n) is 8.55. The Bertz CT molecular complexity index is 1720. The van der Waals surface area contributed by atoms with Crippen LogP contribution < -0.4 is 44.2 Å². The van der Waals surface area contributed by atoms with Crippen LogP contribution in [-0.4, -0.2) is 77.9 Å². The number of phenolic OH excluding ortho intramolecular Hbond substituents is 1. The predicted molar refractivity (Wildman–Crippen MR) is 196 cm³/mol. The van der Waals surface area contributed by atoms with Gasteiger partial charge in [-0.3, -0.25) is 29.2 Å². The van der Waals surface area contributed by atoms with E-state index in [4.69, 9.17) is 22.9 Å². The number of carbonyl (C=O) groups is 4. The normalized spacial score (nSPS) is 20.2. The van der Waals surface area contributed by atoms with Gasteiger partial charge in [-0.15, -0.1) is 0 Å². The molecule has 272 valence electrons. The number of rotatable bonds is 12. The first kappa shape index (κ1) is 38.0. The van der Waals surface area contributed by atoms with Gasteiger partial charge in [0.1, 0.15) is 23.9 Å². The van der Waals surface area contributed by atoms with Gasteiger partial charge in [-0.2, -0.15) is 0 Å². The standard InChI is InChI=1S/C36H48N10O5/c37-35(38)41-17-3-7-28-32(49)43-26(20-23-9-12-24-5-1-2-6-25(24)19-23)13-16-31(48)44-30(21-22-10-14-27(47)15-11-22)34(51)46-29(33(50)45-28)8-4-18-42-36(39)40/h1-2,5-6,9-12,14-15,19,26,28-30,47H,3-4,7-8,13,16-18,20-21H2,(H,43,49)(H,44,48)(H,45,50)(H,46,51)(H4,37,38,41)(H4,39,40,42)/t26-,28+,29-,30-/m0/s1. The van der Waals surface area contributed by atoms with Crippen molar-refractivity contribution in [1.82, 2.24) is 21.3 Å². The van der Waals surface area contributed by atoms with E-state index in [1.54, 1.807) is 12.1 Å². The summed E-state index contributed by atoms with van der Waals surface area (Å²) in [6.45, 7) is 0.439. The molecule has 4 atom stereocenters. The zero-order valence-corrected chi connectivity index (χ0v) is 28.5. The van der Waals surface area contributed by atoms with E-state index in [0.29, 0.717) is 24.8 Å². The first-order valence-electron chi connectivity index (χ1n) is 17.0. The van der Waals surface area contributed by atoms with Crippen molar-refractivity contribution in [3.8, 4) is 5.75 Å². The maximum absolute atomic E-state index is 13.9. The van der Waals surface area contributed by atoms with Crippen molar-refractivity contribution in [3.63, 3.8) is 0 Å². The van der Waals surface area contributed by atoms with E-state index >= 15 is 0 Å². The van der Waals surface area contributed by atoms with E-state index in [0.717, 1.165) is 16.3 Å². The number of nitrogens with one attached hydrogen (secondary N) is 4. The predicted octanol–water partition coefficient (Wildman–Crippen LogP) is 0.171. The molecule has 1 heterocycles. The quantitative estimate of drug-likeness (QED) is 0.0707. The van der Waals surface area contributed by atoms with E-state index in [9.17, 15) is 24.3 Å². The highest BCUT2D eigenvalue weighted by Crippen LogP contribution is 2.19. The Morgan fingerprint density at radius 2 is 1.20 bits per heavy atom. The lowest BCUT2D eigenvalue weighted by Gasteiger charge is -2.28. The van der Waals surface area contributed by atoms with Gasteiger partial charge in [-0.05, 0) is 72.6 Å². The summed E-state index contributed by atoms with van der Waals surface area (Å²) in [5, 5.41) is 23.4. The van der Waals surface area contributed by atoms with Crippen LogP contribution in [0.25, 0.3) is 10.8 Å². The number of aromatic hydroxyl groups is 1. The van der Waals surface area contributed by atoms with E-state index < -0.39 is 47.8 Å². The molecule has 1 aliphatic heterocycles. The molecule has 1 saturated heterocycles. The van der Waals surface area contributed by atoms with Crippen LogP contribution in [0, 0.1) is 0 Å². The number of hydrogen-bond acceptors (Lipinski definition) is 7. The third kappa shape index (κ3) is 12.5.